The number of aromatic nitrogens is 3. The summed E-state index contributed by atoms with van der Waals surface area (Å²) in [7, 11) is 1.27. The number of aliphatic imine (C=N–C) groups is 1. The second-order valence-corrected chi connectivity index (χ2v) is 15.2. The summed E-state index contributed by atoms with van der Waals surface area (Å²) in [5.41, 5.74) is 4.74. The number of ether oxygens (including phenoxy) is 2. The van der Waals surface area contributed by atoms with Gasteiger partial charge in [0.25, 0.3) is 0 Å². The first kappa shape index (κ1) is 40.0. The second kappa shape index (κ2) is 17.4. The number of likely N-dealkylation sites (tertiary alicyclic amines) is 1. The molecule has 14 heteroatoms. The molecule has 6 rings (SSSR count). The summed E-state index contributed by atoms with van der Waals surface area (Å²) in [6, 6.07) is 10.2. The molecule has 4 heterocycles. The number of halogens is 1. The number of hydrogen-bond donors (Lipinski definition) is 3. The molecule has 4 aromatic rings. The zero-order valence-corrected chi connectivity index (χ0v) is 33.2. The number of carbonyl (C=O) groups excluding carboxylic acids is 3. The minimum atomic E-state index is -0.733. The summed E-state index contributed by atoms with van der Waals surface area (Å²) in [6.07, 6.45) is 5.60. The van der Waals surface area contributed by atoms with Crippen LogP contribution in [0.4, 0.5) is 9.18 Å². The Morgan fingerprint density at radius 3 is 2.70 bits per heavy atom. The van der Waals surface area contributed by atoms with Crippen LogP contribution >= 0.6 is 0 Å². The molecule has 0 radical (unpaired) electrons. The highest BCUT2D eigenvalue weighted by Gasteiger charge is 2.37. The fourth-order valence-electron chi connectivity index (χ4n) is 7.61. The van der Waals surface area contributed by atoms with Crippen LogP contribution in [0, 0.1) is 17.7 Å². The highest BCUT2D eigenvalue weighted by Crippen LogP contribution is 2.43. The van der Waals surface area contributed by atoms with Gasteiger partial charge in [0, 0.05) is 60.9 Å². The molecule has 0 unspecified atom stereocenters. The van der Waals surface area contributed by atoms with Crippen molar-refractivity contribution in [1.82, 2.24) is 35.0 Å². The number of alkyl carbamates (subject to hydrolysis) is 1. The first-order valence-corrected chi connectivity index (χ1v) is 19.4. The lowest BCUT2D eigenvalue weighted by molar-refractivity contribution is -0.135. The minimum Gasteiger partial charge on any atom is -0.472 e. The van der Waals surface area contributed by atoms with Crippen molar-refractivity contribution in [3.63, 3.8) is 0 Å². The summed E-state index contributed by atoms with van der Waals surface area (Å²) >= 11 is 0. The average molecular weight is 769 g/mol. The molecule has 0 saturated carbocycles. The maximum absolute atomic E-state index is 16.5. The van der Waals surface area contributed by atoms with Gasteiger partial charge >= 0.3 is 6.09 Å². The molecule has 3 N–H and O–H groups in total. The van der Waals surface area contributed by atoms with Gasteiger partial charge in [0.05, 0.1) is 42.0 Å². The van der Waals surface area contributed by atoms with E-state index in [1.54, 1.807) is 17.3 Å². The Kier molecular flexibility index (Phi) is 12.5. The van der Waals surface area contributed by atoms with Crippen LogP contribution in [0.1, 0.15) is 77.7 Å². The number of benzene rings is 2. The number of amides is 3. The SMILES string of the molecule is C=N/C=C(\NCCN(CCC)C(=O)CC(C)C)c1ccc2c(c1)OCn1c-2c(F)c2cc(-c3cnc([C@@H]4CCCN4C(=O)[C@@H](NC(=O)OC)C(C)C)[nH]3)ccc21. The van der Waals surface area contributed by atoms with E-state index in [9.17, 15) is 14.4 Å². The van der Waals surface area contributed by atoms with E-state index >= 15 is 4.39 Å². The van der Waals surface area contributed by atoms with E-state index in [0.717, 1.165) is 36.1 Å². The molecule has 1 fully saturated rings. The topological polar surface area (TPSA) is 146 Å². The van der Waals surface area contributed by atoms with Crippen molar-refractivity contribution in [2.75, 3.05) is 33.3 Å². The lowest BCUT2D eigenvalue weighted by Gasteiger charge is -2.30. The van der Waals surface area contributed by atoms with Crippen molar-refractivity contribution in [2.45, 2.75) is 79.1 Å². The predicted molar refractivity (Wildman–Crippen MR) is 215 cm³/mol. The molecule has 2 aliphatic rings. The summed E-state index contributed by atoms with van der Waals surface area (Å²) in [4.78, 5) is 54.1. The molecule has 13 nitrogen and oxygen atoms in total. The van der Waals surface area contributed by atoms with E-state index in [-0.39, 0.29) is 42.2 Å². The highest BCUT2D eigenvalue weighted by atomic mass is 19.1. The van der Waals surface area contributed by atoms with Crippen molar-refractivity contribution in [2.24, 2.45) is 16.8 Å². The van der Waals surface area contributed by atoms with Crippen LogP contribution in [0.15, 0.2) is 53.8 Å². The smallest absolute Gasteiger partial charge is 0.407 e. The summed E-state index contributed by atoms with van der Waals surface area (Å²) < 4.78 is 29.3. The molecule has 0 bridgehead atoms. The van der Waals surface area contributed by atoms with E-state index < -0.39 is 12.1 Å². The molecule has 56 heavy (non-hydrogen) atoms. The first-order chi connectivity index (χ1) is 26.9. The molecule has 298 valence electrons. The van der Waals surface area contributed by atoms with E-state index in [0.29, 0.717) is 72.0 Å². The van der Waals surface area contributed by atoms with Gasteiger partial charge in [-0.3, -0.25) is 14.6 Å². The Morgan fingerprint density at radius 1 is 1.18 bits per heavy atom. The number of H-pyrrole nitrogens is 1. The van der Waals surface area contributed by atoms with Crippen LogP contribution in [0.3, 0.4) is 0 Å². The Hall–Kier alpha value is -5.66. The Bertz CT molecular complexity index is 2120. The van der Waals surface area contributed by atoms with Crippen LogP contribution in [0.25, 0.3) is 39.1 Å². The molecule has 2 aliphatic heterocycles. The van der Waals surface area contributed by atoms with Crippen molar-refractivity contribution in [1.29, 1.82) is 0 Å². The van der Waals surface area contributed by atoms with Gasteiger partial charge in [-0.25, -0.2) is 14.2 Å². The quantitative estimate of drug-likeness (QED) is 0.109. The van der Waals surface area contributed by atoms with Crippen molar-refractivity contribution < 1.29 is 28.2 Å². The van der Waals surface area contributed by atoms with E-state index in [1.807, 2.05) is 73.6 Å². The molecule has 2 aromatic heterocycles. The summed E-state index contributed by atoms with van der Waals surface area (Å²) in [5.74, 6) is 0.931. The monoisotopic (exact) mass is 768 g/mol. The van der Waals surface area contributed by atoms with Gasteiger partial charge in [-0.15, -0.1) is 0 Å². The molecule has 2 aromatic carbocycles. The third kappa shape index (κ3) is 8.29. The van der Waals surface area contributed by atoms with Gasteiger partial charge in [0.15, 0.2) is 12.5 Å². The maximum Gasteiger partial charge on any atom is 0.407 e. The van der Waals surface area contributed by atoms with Gasteiger partial charge in [-0.05, 0) is 62.1 Å². The average Bonchev–Trinajstić information content (AvgIpc) is 3.93. The van der Waals surface area contributed by atoms with Crippen LogP contribution in [-0.2, 0) is 21.1 Å². The summed E-state index contributed by atoms with van der Waals surface area (Å²) in [5, 5.41) is 6.54. The first-order valence-electron chi connectivity index (χ1n) is 19.4. The molecular formula is C42H53FN8O5. The Balaban J connectivity index is 1.21. The zero-order valence-electron chi connectivity index (χ0n) is 33.2. The third-order valence-corrected chi connectivity index (χ3v) is 10.4. The number of imidazole rings is 1. The zero-order chi connectivity index (χ0) is 40.1. The molecule has 0 spiro atoms. The number of hydrogen-bond acceptors (Lipinski definition) is 8. The van der Waals surface area contributed by atoms with Gasteiger partial charge < -0.3 is 39.5 Å². The number of methoxy groups -OCH3 is 1. The van der Waals surface area contributed by atoms with Gasteiger partial charge in [0.1, 0.15) is 17.6 Å². The predicted octanol–water partition coefficient (Wildman–Crippen LogP) is 7.10. The second-order valence-electron chi connectivity index (χ2n) is 15.2. The van der Waals surface area contributed by atoms with Crippen LogP contribution < -0.4 is 15.4 Å². The number of fused-ring (bicyclic) bond motifs is 5. The number of carbonyl (C=O) groups is 3. The lowest BCUT2D eigenvalue weighted by Crippen LogP contribution is -2.51. The van der Waals surface area contributed by atoms with Crippen molar-refractivity contribution in [3.8, 4) is 28.3 Å². The fraction of sp³-hybridized carbons (Fsp3) is 0.452. The Labute approximate surface area is 327 Å². The maximum atomic E-state index is 16.5. The van der Waals surface area contributed by atoms with Crippen LogP contribution in [-0.4, -0.2) is 88.3 Å². The van der Waals surface area contributed by atoms with Gasteiger partial charge in [-0.1, -0.05) is 46.8 Å². The molecule has 2 atom stereocenters. The number of aromatic amines is 1. The van der Waals surface area contributed by atoms with E-state index in [2.05, 4.69) is 39.2 Å². The fourth-order valence-corrected chi connectivity index (χ4v) is 7.61. The van der Waals surface area contributed by atoms with Crippen LogP contribution in [0.2, 0.25) is 0 Å². The number of nitrogens with one attached hydrogen (secondary N) is 3. The largest absolute Gasteiger partial charge is 0.472 e. The number of rotatable bonds is 15. The molecule has 1 saturated heterocycles. The van der Waals surface area contributed by atoms with E-state index in [1.165, 1.54) is 7.11 Å². The van der Waals surface area contributed by atoms with Gasteiger partial charge in [0.2, 0.25) is 11.8 Å². The molecule has 3 amide bonds. The third-order valence-electron chi connectivity index (χ3n) is 10.4. The standard InChI is InChI=1S/C42H53FN8O5/c1-8-16-49(36(52)19-25(2)3)18-15-45-31(22-44-6)28-11-13-29-35(21-28)56-24-51-33-14-12-27(20-30(33)37(43)39(29)51)32-23-46-40(47-32)34-10-9-17-50(34)41(53)38(26(4)5)48-42(54)55-7/h11-14,20-23,25-26,34,38,45H,6,8-10,15-19,24H2,1-5,7H3,(H,46,47)(H,48,54)/b31-22-/t34-,38-/m0/s1. The van der Waals surface area contributed by atoms with Crippen molar-refractivity contribution in [3.05, 3.63) is 66.0 Å². The highest BCUT2D eigenvalue weighted by molar-refractivity contribution is 5.93. The summed E-state index contributed by atoms with van der Waals surface area (Å²) in [6.45, 7) is 16.0. The van der Waals surface area contributed by atoms with E-state index in [4.69, 9.17) is 9.47 Å². The number of nitrogens with zero attached hydrogens (tertiary/aromatic N) is 5. The van der Waals surface area contributed by atoms with Crippen molar-refractivity contribution >= 4 is 41.2 Å². The molecular weight excluding hydrogens is 716 g/mol. The Morgan fingerprint density at radius 2 is 1.98 bits per heavy atom. The normalized spacial score (nSPS) is 15.7. The lowest BCUT2D eigenvalue weighted by atomic mass is 10.0. The van der Waals surface area contributed by atoms with Crippen LogP contribution in [0.5, 0.6) is 5.75 Å². The van der Waals surface area contributed by atoms with Gasteiger partial charge in [-0.2, -0.15) is 0 Å². The molecule has 0 aliphatic carbocycles. The minimum absolute atomic E-state index is 0.129.